The van der Waals surface area contributed by atoms with Crippen LogP contribution in [0.2, 0.25) is 0 Å². The number of benzene rings is 1. The quantitative estimate of drug-likeness (QED) is 0.815. The van der Waals surface area contributed by atoms with Crippen LogP contribution in [0.4, 0.5) is 5.69 Å². The molecule has 1 aromatic rings. The van der Waals surface area contributed by atoms with E-state index in [0.29, 0.717) is 0 Å². The van der Waals surface area contributed by atoms with Gasteiger partial charge in [0.1, 0.15) is 6.04 Å². The minimum Gasteiger partial charge on any atom is -0.374 e. The van der Waals surface area contributed by atoms with E-state index in [2.05, 4.69) is 5.32 Å². The van der Waals surface area contributed by atoms with Crippen LogP contribution in [-0.4, -0.2) is 11.3 Å². The third-order valence-electron chi connectivity index (χ3n) is 2.69. The molecule has 1 rings (SSSR count). The summed E-state index contributed by atoms with van der Waals surface area (Å²) in [6.45, 7) is 7.99. The van der Waals surface area contributed by atoms with Gasteiger partial charge in [0.2, 0.25) is 5.24 Å². The number of anilines is 1. The number of halogens is 1. The molecule has 2 nitrogen and oxygen atoms in total. The second kappa shape index (κ2) is 5.35. The minimum absolute atomic E-state index is 0.170. The summed E-state index contributed by atoms with van der Waals surface area (Å²) in [6, 6.07) is 5.71. The Labute approximate surface area is 102 Å². The van der Waals surface area contributed by atoms with Crippen LogP contribution in [0, 0.1) is 19.8 Å². The second-order valence-corrected chi connectivity index (χ2v) is 4.81. The van der Waals surface area contributed by atoms with Crippen LogP contribution in [0.25, 0.3) is 0 Å². The van der Waals surface area contributed by atoms with E-state index in [1.807, 2.05) is 45.9 Å². The first-order chi connectivity index (χ1) is 7.43. The van der Waals surface area contributed by atoms with E-state index < -0.39 is 0 Å². The molecule has 0 aliphatic rings. The molecular formula is C13H18ClNO. The standard InChI is InChI=1S/C13H18ClNO/c1-8(2)11(13(14)16)15-12-9(3)6-5-7-10(12)4/h5-8,11,15H,1-4H3. The van der Waals surface area contributed by atoms with Crippen molar-refractivity contribution in [2.45, 2.75) is 33.7 Å². The largest absolute Gasteiger partial charge is 0.374 e. The van der Waals surface area contributed by atoms with Crippen molar-refractivity contribution in [2.24, 2.45) is 5.92 Å². The molecule has 0 amide bonds. The van der Waals surface area contributed by atoms with E-state index in [9.17, 15) is 4.79 Å². The molecule has 0 heterocycles. The number of carbonyl (C=O) groups excluding carboxylic acids is 1. The molecule has 0 aliphatic heterocycles. The first-order valence-electron chi connectivity index (χ1n) is 5.45. The molecule has 0 spiro atoms. The predicted octanol–water partition coefficient (Wildman–Crippen LogP) is 3.51. The van der Waals surface area contributed by atoms with Gasteiger partial charge in [0.15, 0.2) is 0 Å². The molecular weight excluding hydrogens is 222 g/mol. The highest BCUT2D eigenvalue weighted by Gasteiger charge is 2.21. The Morgan fingerprint density at radius 3 is 2.12 bits per heavy atom. The van der Waals surface area contributed by atoms with Gasteiger partial charge in [0.25, 0.3) is 0 Å². The van der Waals surface area contributed by atoms with Crippen LogP contribution >= 0.6 is 11.6 Å². The summed E-state index contributed by atoms with van der Waals surface area (Å²) < 4.78 is 0. The lowest BCUT2D eigenvalue weighted by atomic mass is 10.0. The summed E-state index contributed by atoms with van der Waals surface area (Å²) >= 11 is 5.59. The van der Waals surface area contributed by atoms with E-state index >= 15 is 0 Å². The monoisotopic (exact) mass is 239 g/mol. The smallest absolute Gasteiger partial charge is 0.244 e. The number of para-hydroxylation sites is 1. The van der Waals surface area contributed by atoms with Crippen molar-refractivity contribution in [1.29, 1.82) is 0 Å². The van der Waals surface area contributed by atoms with Gasteiger partial charge in [-0.3, -0.25) is 4.79 Å². The van der Waals surface area contributed by atoms with E-state index in [-0.39, 0.29) is 17.2 Å². The van der Waals surface area contributed by atoms with Crippen molar-refractivity contribution in [3.05, 3.63) is 29.3 Å². The molecule has 1 unspecified atom stereocenters. The van der Waals surface area contributed by atoms with Crippen LogP contribution in [0.1, 0.15) is 25.0 Å². The summed E-state index contributed by atoms with van der Waals surface area (Å²) in [6.07, 6.45) is 0. The predicted molar refractivity (Wildman–Crippen MR) is 69.0 cm³/mol. The Bertz CT molecular complexity index is 367. The highest BCUT2D eigenvalue weighted by molar-refractivity contribution is 6.65. The number of hydrogen-bond acceptors (Lipinski definition) is 2. The van der Waals surface area contributed by atoms with Gasteiger partial charge in [-0.05, 0) is 42.5 Å². The molecule has 1 N–H and O–H groups in total. The average Bonchev–Trinajstić information content (AvgIpc) is 2.15. The van der Waals surface area contributed by atoms with E-state index in [1.54, 1.807) is 0 Å². The van der Waals surface area contributed by atoms with Crippen LogP contribution in [0.5, 0.6) is 0 Å². The number of aryl methyl sites for hydroxylation is 2. The SMILES string of the molecule is Cc1cccc(C)c1NC(C(=O)Cl)C(C)C. The molecule has 0 bridgehead atoms. The van der Waals surface area contributed by atoms with Crippen molar-refractivity contribution in [3.63, 3.8) is 0 Å². The first-order valence-corrected chi connectivity index (χ1v) is 5.83. The van der Waals surface area contributed by atoms with Gasteiger partial charge in [-0.25, -0.2) is 0 Å². The Hall–Kier alpha value is -1.02. The lowest BCUT2D eigenvalue weighted by Gasteiger charge is -2.22. The van der Waals surface area contributed by atoms with Gasteiger partial charge in [-0.15, -0.1) is 0 Å². The summed E-state index contributed by atoms with van der Waals surface area (Å²) in [5.41, 5.74) is 3.27. The van der Waals surface area contributed by atoms with E-state index in [0.717, 1.165) is 16.8 Å². The van der Waals surface area contributed by atoms with Crippen LogP contribution in [-0.2, 0) is 4.79 Å². The highest BCUT2D eigenvalue weighted by Crippen LogP contribution is 2.22. The molecule has 0 saturated carbocycles. The third-order valence-corrected chi connectivity index (χ3v) is 2.93. The maximum atomic E-state index is 11.3. The van der Waals surface area contributed by atoms with Crippen molar-refractivity contribution in [1.82, 2.24) is 0 Å². The summed E-state index contributed by atoms with van der Waals surface area (Å²) in [4.78, 5) is 11.3. The fraction of sp³-hybridized carbons (Fsp3) is 0.462. The number of nitrogens with one attached hydrogen (secondary N) is 1. The van der Waals surface area contributed by atoms with Crippen LogP contribution < -0.4 is 5.32 Å². The molecule has 0 radical (unpaired) electrons. The Morgan fingerprint density at radius 2 is 1.75 bits per heavy atom. The van der Waals surface area contributed by atoms with Gasteiger partial charge >= 0.3 is 0 Å². The zero-order valence-corrected chi connectivity index (χ0v) is 10.9. The van der Waals surface area contributed by atoms with Crippen LogP contribution in [0.15, 0.2) is 18.2 Å². The van der Waals surface area contributed by atoms with Crippen LogP contribution in [0.3, 0.4) is 0 Å². The maximum absolute atomic E-state index is 11.3. The Morgan fingerprint density at radius 1 is 1.25 bits per heavy atom. The van der Waals surface area contributed by atoms with Crippen molar-refractivity contribution in [3.8, 4) is 0 Å². The molecule has 0 saturated heterocycles. The summed E-state index contributed by atoms with van der Waals surface area (Å²) in [7, 11) is 0. The Balaban J connectivity index is 2.98. The lowest BCUT2D eigenvalue weighted by Crippen LogP contribution is -2.32. The minimum atomic E-state index is -0.336. The zero-order valence-electron chi connectivity index (χ0n) is 10.2. The van der Waals surface area contributed by atoms with Crippen molar-refractivity contribution in [2.75, 3.05) is 5.32 Å². The Kier molecular flexibility index (Phi) is 4.36. The molecule has 16 heavy (non-hydrogen) atoms. The summed E-state index contributed by atoms with van der Waals surface area (Å²) in [5, 5.41) is 2.90. The fourth-order valence-corrected chi connectivity index (χ4v) is 1.99. The maximum Gasteiger partial charge on any atom is 0.244 e. The van der Waals surface area contributed by atoms with E-state index in [1.165, 1.54) is 0 Å². The topological polar surface area (TPSA) is 29.1 Å². The first kappa shape index (κ1) is 13.0. The molecule has 1 aromatic carbocycles. The molecule has 0 aliphatic carbocycles. The molecule has 0 aromatic heterocycles. The average molecular weight is 240 g/mol. The molecule has 1 atom stereocenters. The molecule has 3 heteroatoms. The number of rotatable bonds is 4. The highest BCUT2D eigenvalue weighted by atomic mass is 35.5. The lowest BCUT2D eigenvalue weighted by molar-refractivity contribution is -0.113. The number of carbonyl (C=O) groups is 1. The third kappa shape index (κ3) is 2.99. The van der Waals surface area contributed by atoms with Gasteiger partial charge in [-0.2, -0.15) is 0 Å². The van der Waals surface area contributed by atoms with Gasteiger partial charge in [0, 0.05) is 5.69 Å². The van der Waals surface area contributed by atoms with Gasteiger partial charge < -0.3 is 5.32 Å². The zero-order chi connectivity index (χ0) is 12.3. The fourth-order valence-electron chi connectivity index (χ4n) is 1.68. The second-order valence-electron chi connectivity index (χ2n) is 4.44. The van der Waals surface area contributed by atoms with Gasteiger partial charge in [0.05, 0.1) is 0 Å². The molecule has 88 valence electrons. The normalized spacial score (nSPS) is 12.6. The van der Waals surface area contributed by atoms with Gasteiger partial charge in [-0.1, -0.05) is 32.0 Å². The van der Waals surface area contributed by atoms with Crippen molar-refractivity contribution >= 4 is 22.5 Å². The number of hydrogen-bond donors (Lipinski definition) is 1. The van der Waals surface area contributed by atoms with E-state index in [4.69, 9.17) is 11.6 Å². The summed E-state index contributed by atoms with van der Waals surface area (Å²) in [5.74, 6) is 0.170. The van der Waals surface area contributed by atoms with Crippen molar-refractivity contribution < 1.29 is 4.79 Å². The molecule has 0 fully saturated rings.